The molecule has 27 heavy (non-hydrogen) atoms. The molecule has 0 bridgehead atoms. The molecule has 0 unspecified atom stereocenters. The highest BCUT2D eigenvalue weighted by molar-refractivity contribution is 6.00. The molecule has 0 spiro atoms. The van der Waals surface area contributed by atoms with Crippen molar-refractivity contribution < 1.29 is 14.3 Å². The minimum atomic E-state index is -0.125. The summed E-state index contributed by atoms with van der Waals surface area (Å²) in [5, 5.41) is 0. The summed E-state index contributed by atoms with van der Waals surface area (Å²) in [4.78, 5) is 28.5. The minimum Gasteiger partial charge on any atom is -0.482 e. The quantitative estimate of drug-likeness (QED) is 0.821. The van der Waals surface area contributed by atoms with Crippen molar-refractivity contribution in [3.8, 4) is 5.75 Å². The van der Waals surface area contributed by atoms with E-state index in [1.165, 1.54) is 0 Å². The summed E-state index contributed by atoms with van der Waals surface area (Å²) >= 11 is 0. The average molecular weight is 388 g/mol. The molecule has 2 heterocycles. The number of hydrogen-bond acceptors (Lipinski definition) is 4. The van der Waals surface area contributed by atoms with Crippen molar-refractivity contribution in [1.29, 1.82) is 0 Å². The van der Waals surface area contributed by atoms with Gasteiger partial charge in [0.15, 0.2) is 6.61 Å². The lowest BCUT2D eigenvalue weighted by Gasteiger charge is -2.32. The van der Waals surface area contributed by atoms with Crippen LogP contribution >= 0.6 is 12.4 Å². The predicted molar refractivity (Wildman–Crippen MR) is 108 cm³/mol. The summed E-state index contributed by atoms with van der Waals surface area (Å²) in [6.07, 6.45) is 2.04. The second-order valence-corrected chi connectivity index (χ2v) is 6.55. The first kappa shape index (κ1) is 19.0. The number of nitrogens with two attached hydrogens (primary N) is 1. The van der Waals surface area contributed by atoms with Gasteiger partial charge >= 0.3 is 0 Å². The molecule has 2 amide bonds. The minimum absolute atomic E-state index is 0. The van der Waals surface area contributed by atoms with Gasteiger partial charge < -0.3 is 20.3 Å². The van der Waals surface area contributed by atoms with Gasteiger partial charge in [-0.05, 0) is 42.7 Å². The highest BCUT2D eigenvalue weighted by Gasteiger charge is 2.28. The Labute approximate surface area is 164 Å². The molecule has 4 rings (SSSR count). The number of para-hydroxylation sites is 2. The molecule has 0 atom stereocenters. The van der Waals surface area contributed by atoms with Crippen LogP contribution in [0.25, 0.3) is 0 Å². The Morgan fingerprint density at radius 1 is 1.11 bits per heavy atom. The molecule has 7 heteroatoms. The number of nitrogen functional groups attached to an aromatic ring is 1. The molecular weight excluding hydrogens is 366 g/mol. The smallest absolute Gasteiger partial charge is 0.265 e. The summed E-state index contributed by atoms with van der Waals surface area (Å²) in [5.41, 5.74) is 9.46. The van der Waals surface area contributed by atoms with Gasteiger partial charge in [0.1, 0.15) is 5.75 Å². The fraction of sp³-hybridized carbons (Fsp3) is 0.300. The molecule has 0 aliphatic carbocycles. The fourth-order valence-electron chi connectivity index (χ4n) is 3.65. The molecule has 2 aromatic carbocycles. The monoisotopic (exact) mass is 387 g/mol. The molecule has 0 radical (unpaired) electrons. The Kier molecular flexibility index (Phi) is 5.56. The number of carbonyl (C=O) groups is 2. The lowest BCUT2D eigenvalue weighted by Crippen LogP contribution is -2.42. The average Bonchev–Trinajstić information content (AvgIpc) is 2.67. The van der Waals surface area contributed by atoms with E-state index in [0.717, 1.165) is 35.5 Å². The summed E-state index contributed by atoms with van der Waals surface area (Å²) in [6.45, 7) is 1.03. The molecule has 0 fully saturated rings. The number of rotatable bonds is 3. The Morgan fingerprint density at radius 2 is 1.89 bits per heavy atom. The number of nitrogens with zero attached hydrogens (tertiary/aromatic N) is 2. The highest BCUT2D eigenvalue weighted by atomic mass is 35.5. The van der Waals surface area contributed by atoms with E-state index < -0.39 is 0 Å². The zero-order chi connectivity index (χ0) is 18.1. The van der Waals surface area contributed by atoms with Crippen molar-refractivity contribution in [1.82, 2.24) is 0 Å². The maximum atomic E-state index is 12.8. The summed E-state index contributed by atoms with van der Waals surface area (Å²) in [7, 11) is 0. The van der Waals surface area contributed by atoms with Crippen LogP contribution in [0.2, 0.25) is 0 Å². The van der Waals surface area contributed by atoms with Crippen molar-refractivity contribution in [2.75, 3.05) is 35.2 Å². The first-order chi connectivity index (χ1) is 12.6. The van der Waals surface area contributed by atoms with Gasteiger partial charge in [0.25, 0.3) is 5.91 Å². The Hall–Kier alpha value is -2.73. The van der Waals surface area contributed by atoms with Crippen LogP contribution in [0.15, 0.2) is 42.5 Å². The van der Waals surface area contributed by atoms with Crippen LogP contribution in [0.4, 0.5) is 17.1 Å². The van der Waals surface area contributed by atoms with Crippen molar-refractivity contribution in [3.05, 3.63) is 48.0 Å². The lowest BCUT2D eigenvalue weighted by atomic mass is 9.99. The molecule has 0 aromatic heterocycles. The Morgan fingerprint density at radius 3 is 2.74 bits per heavy atom. The molecular formula is C20H22ClN3O3. The van der Waals surface area contributed by atoms with E-state index in [2.05, 4.69) is 0 Å². The summed E-state index contributed by atoms with van der Waals surface area (Å²) in [5.74, 6) is 0.559. The number of carbonyl (C=O) groups excluding carboxylic acids is 2. The van der Waals surface area contributed by atoms with Crippen LogP contribution in [-0.2, 0) is 16.0 Å². The third-order valence-corrected chi connectivity index (χ3v) is 4.95. The molecule has 2 aliphatic heterocycles. The second kappa shape index (κ2) is 7.88. The van der Waals surface area contributed by atoms with Crippen molar-refractivity contribution in [2.45, 2.75) is 19.3 Å². The van der Waals surface area contributed by atoms with E-state index in [9.17, 15) is 9.59 Å². The van der Waals surface area contributed by atoms with Gasteiger partial charge in [-0.2, -0.15) is 0 Å². The van der Waals surface area contributed by atoms with Gasteiger partial charge in [0.05, 0.1) is 5.69 Å². The van der Waals surface area contributed by atoms with Crippen molar-refractivity contribution >= 4 is 41.3 Å². The van der Waals surface area contributed by atoms with Crippen LogP contribution in [0, 0.1) is 0 Å². The number of halogens is 1. The third kappa shape index (κ3) is 3.57. The number of amides is 2. The molecule has 0 saturated heterocycles. The largest absolute Gasteiger partial charge is 0.482 e. The second-order valence-electron chi connectivity index (χ2n) is 6.55. The standard InChI is InChI=1S/C20H21N3O3.ClH/c21-15-6-3-8-16-14(15)5-4-11-22(16)19(24)10-12-23-17-7-1-2-9-18(17)26-13-20(23)25;/h1-3,6-9H,4-5,10-13,21H2;1H. The zero-order valence-corrected chi connectivity index (χ0v) is 15.7. The fourth-order valence-corrected chi connectivity index (χ4v) is 3.65. The molecule has 2 aromatic rings. The van der Waals surface area contributed by atoms with E-state index >= 15 is 0 Å². The maximum absolute atomic E-state index is 12.8. The molecule has 0 saturated carbocycles. The van der Waals surface area contributed by atoms with Crippen molar-refractivity contribution in [3.63, 3.8) is 0 Å². The van der Waals surface area contributed by atoms with Gasteiger partial charge in [-0.15, -0.1) is 12.4 Å². The summed E-state index contributed by atoms with van der Waals surface area (Å²) in [6, 6.07) is 13.1. The molecule has 2 N–H and O–H groups in total. The zero-order valence-electron chi connectivity index (χ0n) is 14.9. The summed E-state index contributed by atoms with van der Waals surface area (Å²) < 4.78 is 5.45. The predicted octanol–water partition coefficient (Wildman–Crippen LogP) is 2.79. The SMILES string of the molecule is Cl.Nc1cccc2c1CCCN2C(=O)CCN1C(=O)COc2ccccc21. The Balaban J connectivity index is 0.00000210. The van der Waals surface area contributed by atoms with Crippen molar-refractivity contribution in [2.24, 2.45) is 0 Å². The van der Waals surface area contributed by atoms with E-state index in [0.29, 0.717) is 18.8 Å². The number of benzene rings is 2. The van der Waals surface area contributed by atoms with E-state index in [-0.39, 0.29) is 37.2 Å². The number of anilines is 3. The first-order valence-corrected chi connectivity index (χ1v) is 8.85. The normalized spacial score (nSPS) is 15.3. The highest BCUT2D eigenvalue weighted by Crippen LogP contribution is 2.33. The molecule has 2 aliphatic rings. The van der Waals surface area contributed by atoms with Gasteiger partial charge in [-0.1, -0.05) is 18.2 Å². The van der Waals surface area contributed by atoms with Gasteiger partial charge in [0, 0.05) is 30.9 Å². The van der Waals surface area contributed by atoms with E-state index in [4.69, 9.17) is 10.5 Å². The molecule has 142 valence electrons. The van der Waals surface area contributed by atoms with Crippen LogP contribution in [0.5, 0.6) is 5.75 Å². The van der Waals surface area contributed by atoms with E-state index in [1.807, 2.05) is 42.5 Å². The Bertz CT molecular complexity index is 871. The topological polar surface area (TPSA) is 75.9 Å². The van der Waals surface area contributed by atoms with Crippen LogP contribution in [-0.4, -0.2) is 31.5 Å². The van der Waals surface area contributed by atoms with Gasteiger partial charge in [-0.25, -0.2) is 0 Å². The van der Waals surface area contributed by atoms with Crippen LogP contribution in [0.3, 0.4) is 0 Å². The van der Waals surface area contributed by atoms with Gasteiger partial charge in [-0.3, -0.25) is 9.59 Å². The maximum Gasteiger partial charge on any atom is 0.265 e. The van der Waals surface area contributed by atoms with Crippen LogP contribution in [0.1, 0.15) is 18.4 Å². The lowest BCUT2D eigenvalue weighted by molar-refractivity contribution is -0.121. The first-order valence-electron chi connectivity index (χ1n) is 8.85. The van der Waals surface area contributed by atoms with Gasteiger partial charge in [0.2, 0.25) is 5.91 Å². The molecule has 6 nitrogen and oxygen atoms in total. The number of fused-ring (bicyclic) bond motifs is 2. The number of hydrogen-bond donors (Lipinski definition) is 1. The number of ether oxygens (including phenoxy) is 1. The third-order valence-electron chi connectivity index (χ3n) is 4.95. The van der Waals surface area contributed by atoms with E-state index in [1.54, 1.807) is 9.80 Å². The van der Waals surface area contributed by atoms with Crippen LogP contribution < -0.4 is 20.3 Å².